The molecule has 2 N–H and O–H groups in total. The molecule has 2 aromatic rings. The lowest BCUT2D eigenvalue weighted by atomic mass is 9.85. The Labute approximate surface area is 131 Å². The van der Waals surface area contributed by atoms with Gasteiger partial charge >= 0.3 is 0 Å². The number of hydrogen-bond acceptors (Lipinski definition) is 3. The molecule has 1 aromatic carbocycles. The van der Waals surface area contributed by atoms with Gasteiger partial charge in [0.05, 0.1) is 0 Å². The van der Waals surface area contributed by atoms with Crippen LogP contribution in [0.5, 0.6) is 11.6 Å². The summed E-state index contributed by atoms with van der Waals surface area (Å²) < 4.78 is 5.97. The van der Waals surface area contributed by atoms with Crippen LogP contribution in [-0.2, 0) is 12.0 Å². The van der Waals surface area contributed by atoms with Gasteiger partial charge in [0.25, 0.3) is 0 Å². The Morgan fingerprint density at radius 1 is 1.24 bits per heavy atom. The van der Waals surface area contributed by atoms with Crippen molar-refractivity contribution in [2.24, 2.45) is 5.73 Å². The maximum absolute atomic E-state index is 6.29. The molecule has 0 aliphatic carbocycles. The van der Waals surface area contributed by atoms with Crippen LogP contribution in [0.15, 0.2) is 30.5 Å². The minimum atomic E-state index is -0.0285. The molecule has 0 radical (unpaired) electrons. The van der Waals surface area contributed by atoms with Crippen molar-refractivity contribution in [3.63, 3.8) is 0 Å². The second-order valence-corrected chi connectivity index (χ2v) is 6.52. The first-order valence-electron chi connectivity index (χ1n) is 6.95. The van der Waals surface area contributed by atoms with Crippen LogP contribution in [0.25, 0.3) is 0 Å². The van der Waals surface area contributed by atoms with Crippen molar-refractivity contribution < 1.29 is 4.74 Å². The standard InChI is InChI=1S/C17H21ClN2O/c1-11-5-6-14(13(9-11)17(2,3)4)21-16-15(18)12(10-19)7-8-20-16/h5-9H,10,19H2,1-4H3. The molecule has 1 heterocycles. The van der Waals surface area contributed by atoms with Crippen LogP contribution in [0.4, 0.5) is 0 Å². The number of rotatable bonds is 3. The van der Waals surface area contributed by atoms with Gasteiger partial charge in [-0.3, -0.25) is 0 Å². The lowest BCUT2D eigenvalue weighted by molar-refractivity contribution is 0.439. The highest BCUT2D eigenvalue weighted by Gasteiger charge is 2.20. The minimum Gasteiger partial charge on any atom is -0.437 e. The van der Waals surface area contributed by atoms with E-state index in [1.54, 1.807) is 12.3 Å². The fourth-order valence-electron chi connectivity index (χ4n) is 2.11. The van der Waals surface area contributed by atoms with E-state index >= 15 is 0 Å². The maximum atomic E-state index is 6.29. The molecule has 0 spiro atoms. The van der Waals surface area contributed by atoms with Crippen LogP contribution in [0, 0.1) is 6.92 Å². The van der Waals surface area contributed by atoms with Gasteiger partial charge in [0.15, 0.2) is 0 Å². The van der Waals surface area contributed by atoms with E-state index in [1.165, 1.54) is 5.56 Å². The van der Waals surface area contributed by atoms with Crippen molar-refractivity contribution in [3.05, 3.63) is 52.2 Å². The number of aryl methyl sites for hydroxylation is 1. The molecule has 0 bridgehead atoms. The minimum absolute atomic E-state index is 0.0285. The number of aromatic nitrogens is 1. The number of ether oxygens (including phenoxy) is 1. The number of hydrogen-bond donors (Lipinski definition) is 1. The normalized spacial score (nSPS) is 11.5. The Balaban J connectivity index is 2.45. The first-order chi connectivity index (χ1) is 9.82. The third kappa shape index (κ3) is 3.55. The Kier molecular flexibility index (Phi) is 4.55. The van der Waals surface area contributed by atoms with Crippen molar-refractivity contribution in [1.82, 2.24) is 4.98 Å². The largest absolute Gasteiger partial charge is 0.437 e. The van der Waals surface area contributed by atoms with E-state index < -0.39 is 0 Å². The van der Waals surface area contributed by atoms with Crippen LogP contribution >= 0.6 is 11.6 Å². The van der Waals surface area contributed by atoms with Crippen molar-refractivity contribution in [2.75, 3.05) is 0 Å². The van der Waals surface area contributed by atoms with Gasteiger partial charge in [-0.15, -0.1) is 0 Å². The molecule has 0 amide bonds. The third-order valence-electron chi connectivity index (χ3n) is 3.31. The van der Waals surface area contributed by atoms with Crippen LogP contribution in [-0.4, -0.2) is 4.98 Å². The molecule has 112 valence electrons. The van der Waals surface area contributed by atoms with Crippen LogP contribution < -0.4 is 10.5 Å². The van der Waals surface area contributed by atoms with Gasteiger partial charge in [-0.25, -0.2) is 4.98 Å². The number of nitrogens with zero attached hydrogens (tertiary/aromatic N) is 1. The second-order valence-electron chi connectivity index (χ2n) is 6.15. The van der Waals surface area contributed by atoms with E-state index in [4.69, 9.17) is 22.1 Å². The third-order valence-corrected chi connectivity index (χ3v) is 3.71. The molecule has 0 aliphatic heterocycles. The molecule has 0 saturated carbocycles. The topological polar surface area (TPSA) is 48.1 Å². The summed E-state index contributed by atoms with van der Waals surface area (Å²) in [7, 11) is 0. The van der Waals surface area contributed by atoms with Gasteiger partial charge in [0, 0.05) is 18.3 Å². The smallest absolute Gasteiger partial charge is 0.238 e. The van der Waals surface area contributed by atoms with Crippen molar-refractivity contribution >= 4 is 11.6 Å². The lowest BCUT2D eigenvalue weighted by Crippen LogP contribution is -2.13. The molecule has 0 unspecified atom stereocenters. The first kappa shape index (κ1) is 15.8. The first-order valence-corrected chi connectivity index (χ1v) is 7.33. The summed E-state index contributed by atoms with van der Waals surface area (Å²) in [5.41, 5.74) is 8.78. The van der Waals surface area contributed by atoms with Crippen molar-refractivity contribution in [3.8, 4) is 11.6 Å². The predicted octanol–water partition coefficient (Wildman–Crippen LogP) is 4.59. The number of benzene rings is 1. The number of halogens is 1. The molecule has 1 aromatic heterocycles. The SMILES string of the molecule is Cc1ccc(Oc2nccc(CN)c2Cl)c(C(C)(C)C)c1. The molecule has 0 fully saturated rings. The molecule has 4 heteroatoms. The monoisotopic (exact) mass is 304 g/mol. The fraction of sp³-hybridized carbons (Fsp3) is 0.353. The molecular formula is C17H21ClN2O. The molecule has 3 nitrogen and oxygen atoms in total. The highest BCUT2D eigenvalue weighted by atomic mass is 35.5. The summed E-state index contributed by atoms with van der Waals surface area (Å²) in [5.74, 6) is 1.17. The Hall–Kier alpha value is -1.58. The molecule has 21 heavy (non-hydrogen) atoms. The van der Waals surface area contributed by atoms with Crippen LogP contribution in [0.3, 0.4) is 0 Å². The maximum Gasteiger partial charge on any atom is 0.238 e. The zero-order chi connectivity index (χ0) is 15.6. The quantitative estimate of drug-likeness (QED) is 0.902. The van der Waals surface area contributed by atoms with E-state index in [1.807, 2.05) is 12.1 Å². The Morgan fingerprint density at radius 3 is 2.57 bits per heavy atom. The van der Waals surface area contributed by atoms with E-state index in [0.717, 1.165) is 16.9 Å². The summed E-state index contributed by atoms with van der Waals surface area (Å²) in [6.07, 6.45) is 1.66. The summed E-state index contributed by atoms with van der Waals surface area (Å²) in [6, 6.07) is 7.92. The Morgan fingerprint density at radius 2 is 1.95 bits per heavy atom. The van der Waals surface area contributed by atoms with Gasteiger partial charge in [0.2, 0.25) is 5.88 Å². The average Bonchev–Trinajstić information content (AvgIpc) is 2.42. The van der Waals surface area contributed by atoms with E-state index in [9.17, 15) is 0 Å². The van der Waals surface area contributed by atoms with E-state index in [-0.39, 0.29) is 5.41 Å². The zero-order valence-electron chi connectivity index (χ0n) is 12.9. The molecule has 0 atom stereocenters. The van der Waals surface area contributed by atoms with Crippen molar-refractivity contribution in [2.45, 2.75) is 39.7 Å². The van der Waals surface area contributed by atoms with Gasteiger partial charge in [-0.05, 0) is 30.0 Å². The summed E-state index contributed by atoms with van der Waals surface area (Å²) in [4.78, 5) is 4.22. The van der Waals surface area contributed by atoms with Gasteiger partial charge in [-0.1, -0.05) is 50.1 Å². The second kappa shape index (κ2) is 6.04. The lowest BCUT2D eigenvalue weighted by Gasteiger charge is -2.23. The molecular weight excluding hydrogens is 284 g/mol. The zero-order valence-corrected chi connectivity index (χ0v) is 13.7. The molecule has 0 saturated heterocycles. The predicted molar refractivity (Wildman–Crippen MR) is 87.1 cm³/mol. The van der Waals surface area contributed by atoms with Crippen LogP contribution in [0.2, 0.25) is 5.02 Å². The number of pyridine rings is 1. The van der Waals surface area contributed by atoms with E-state index in [2.05, 4.69) is 38.7 Å². The van der Waals surface area contributed by atoms with Gasteiger partial charge in [-0.2, -0.15) is 0 Å². The highest BCUT2D eigenvalue weighted by Crippen LogP contribution is 2.36. The van der Waals surface area contributed by atoms with Gasteiger partial charge < -0.3 is 10.5 Å². The number of nitrogens with two attached hydrogens (primary N) is 1. The molecule has 0 aliphatic rings. The van der Waals surface area contributed by atoms with E-state index in [0.29, 0.717) is 17.4 Å². The summed E-state index contributed by atoms with van der Waals surface area (Å²) in [5, 5.41) is 0.473. The fourth-order valence-corrected chi connectivity index (χ4v) is 2.34. The summed E-state index contributed by atoms with van der Waals surface area (Å²) >= 11 is 6.29. The van der Waals surface area contributed by atoms with Gasteiger partial charge in [0.1, 0.15) is 10.8 Å². The van der Waals surface area contributed by atoms with Crippen LogP contribution in [0.1, 0.15) is 37.5 Å². The Bertz CT molecular complexity index is 648. The average molecular weight is 305 g/mol. The summed E-state index contributed by atoms with van der Waals surface area (Å²) in [6.45, 7) is 8.89. The highest BCUT2D eigenvalue weighted by molar-refractivity contribution is 6.32. The van der Waals surface area contributed by atoms with Crippen molar-refractivity contribution in [1.29, 1.82) is 0 Å². The molecule has 2 rings (SSSR count).